The molecule has 0 radical (unpaired) electrons. The van der Waals surface area contributed by atoms with Crippen LogP contribution in [0.2, 0.25) is 0 Å². The summed E-state index contributed by atoms with van der Waals surface area (Å²) >= 11 is 0. The van der Waals surface area contributed by atoms with Crippen LogP contribution in [0.5, 0.6) is 0 Å². The summed E-state index contributed by atoms with van der Waals surface area (Å²) in [6, 6.07) is 4.99. The van der Waals surface area contributed by atoms with Gasteiger partial charge in [0.25, 0.3) is 11.8 Å². The van der Waals surface area contributed by atoms with Crippen molar-refractivity contribution < 1.29 is 19.1 Å². The van der Waals surface area contributed by atoms with Gasteiger partial charge >= 0.3 is 6.09 Å². The average molecular weight is 374 g/mol. The molecule has 0 aromatic carbocycles. The van der Waals surface area contributed by atoms with E-state index < -0.39 is 0 Å². The number of pyridine rings is 1. The number of piperazine rings is 1. The van der Waals surface area contributed by atoms with E-state index in [9.17, 15) is 14.4 Å². The van der Waals surface area contributed by atoms with E-state index in [4.69, 9.17) is 4.74 Å². The van der Waals surface area contributed by atoms with Gasteiger partial charge in [-0.15, -0.1) is 0 Å². The second kappa shape index (κ2) is 8.83. The number of likely N-dealkylation sites (tertiary alicyclic amines) is 1. The van der Waals surface area contributed by atoms with E-state index in [1.54, 1.807) is 39.8 Å². The monoisotopic (exact) mass is 374 g/mol. The zero-order valence-electron chi connectivity index (χ0n) is 15.7. The number of ether oxygens (including phenoxy) is 1. The Bertz CT molecular complexity index is 695. The molecule has 0 spiro atoms. The van der Waals surface area contributed by atoms with Gasteiger partial charge in [-0.05, 0) is 38.3 Å². The Hall–Kier alpha value is -2.64. The van der Waals surface area contributed by atoms with Crippen molar-refractivity contribution >= 4 is 17.9 Å². The summed E-state index contributed by atoms with van der Waals surface area (Å²) in [4.78, 5) is 46.5. The fourth-order valence-electron chi connectivity index (χ4n) is 3.40. The molecule has 0 unspecified atom stereocenters. The largest absolute Gasteiger partial charge is 0.450 e. The maximum absolute atomic E-state index is 12.8. The second-order valence-electron chi connectivity index (χ2n) is 6.74. The van der Waals surface area contributed by atoms with Crippen LogP contribution in [-0.2, 0) is 4.74 Å². The number of carbonyl (C=O) groups excluding carboxylic acids is 3. The highest BCUT2D eigenvalue weighted by Gasteiger charge is 2.27. The predicted octanol–water partition coefficient (Wildman–Crippen LogP) is 1.62. The maximum atomic E-state index is 12.8. The van der Waals surface area contributed by atoms with Crippen molar-refractivity contribution in [1.29, 1.82) is 0 Å². The number of hydrogen-bond acceptors (Lipinski definition) is 5. The third kappa shape index (κ3) is 4.56. The van der Waals surface area contributed by atoms with E-state index in [0.717, 1.165) is 32.4 Å². The van der Waals surface area contributed by atoms with Gasteiger partial charge in [0.2, 0.25) is 0 Å². The SMILES string of the molecule is CCOC(=O)N1CCN(C(=O)c2cccc(C(=O)N3CCCCC3)n2)CC1. The highest BCUT2D eigenvalue weighted by atomic mass is 16.6. The van der Waals surface area contributed by atoms with Crippen LogP contribution in [0.4, 0.5) is 4.79 Å². The number of rotatable bonds is 3. The molecule has 3 heterocycles. The minimum Gasteiger partial charge on any atom is -0.450 e. The molecule has 8 nitrogen and oxygen atoms in total. The minimum atomic E-state index is -0.350. The standard InChI is InChI=1S/C19H26N4O4/c1-2-27-19(26)23-13-11-22(12-14-23)18(25)16-8-6-7-15(20-16)17(24)21-9-4-3-5-10-21/h6-8H,2-5,9-14H2,1H3. The van der Waals surface area contributed by atoms with Crippen molar-refractivity contribution in [2.75, 3.05) is 45.9 Å². The van der Waals surface area contributed by atoms with E-state index in [0.29, 0.717) is 38.5 Å². The summed E-state index contributed by atoms with van der Waals surface area (Å²) in [5, 5.41) is 0. The molecular weight excluding hydrogens is 348 g/mol. The lowest BCUT2D eigenvalue weighted by atomic mass is 10.1. The average Bonchev–Trinajstić information content (AvgIpc) is 2.73. The van der Waals surface area contributed by atoms with Gasteiger partial charge in [-0.3, -0.25) is 9.59 Å². The molecule has 0 saturated carbocycles. The topological polar surface area (TPSA) is 83.0 Å². The lowest BCUT2D eigenvalue weighted by Crippen LogP contribution is -2.50. The number of piperidine rings is 1. The zero-order valence-corrected chi connectivity index (χ0v) is 15.7. The van der Waals surface area contributed by atoms with Crippen molar-refractivity contribution in [3.8, 4) is 0 Å². The minimum absolute atomic E-state index is 0.114. The molecule has 1 aromatic heterocycles. The van der Waals surface area contributed by atoms with Gasteiger partial charge in [-0.25, -0.2) is 9.78 Å². The Balaban J connectivity index is 1.62. The summed E-state index contributed by atoms with van der Waals surface area (Å²) < 4.78 is 4.99. The second-order valence-corrected chi connectivity index (χ2v) is 6.74. The molecule has 0 N–H and O–H groups in total. The Morgan fingerprint density at radius 3 is 1.93 bits per heavy atom. The van der Waals surface area contributed by atoms with E-state index in [2.05, 4.69) is 4.98 Å². The third-order valence-electron chi connectivity index (χ3n) is 4.92. The molecule has 0 atom stereocenters. The van der Waals surface area contributed by atoms with E-state index in [1.165, 1.54) is 0 Å². The Morgan fingerprint density at radius 1 is 0.852 bits per heavy atom. The third-order valence-corrected chi connectivity index (χ3v) is 4.92. The van der Waals surface area contributed by atoms with Gasteiger partial charge in [0.15, 0.2) is 0 Å². The van der Waals surface area contributed by atoms with Crippen molar-refractivity contribution in [2.45, 2.75) is 26.2 Å². The molecule has 2 saturated heterocycles. The first-order valence-electron chi connectivity index (χ1n) is 9.57. The molecule has 0 bridgehead atoms. The first-order chi connectivity index (χ1) is 13.1. The molecule has 2 aliphatic heterocycles. The van der Waals surface area contributed by atoms with Crippen molar-refractivity contribution in [3.05, 3.63) is 29.6 Å². The molecule has 3 amide bonds. The summed E-state index contributed by atoms with van der Waals surface area (Å²) in [5.41, 5.74) is 0.579. The lowest BCUT2D eigenvalue weighted by Gasteiger charge is -2.33. The van der Waals surface area contributed by atoms with Crippen molar-refractivity contribution in [1.82, 2.24) is 19.7 Å². The quantitative estimate of drug-likeness (QED) is 0.803. The van der Waals surface area contributed by atoms with Gasteiger partial charge in [0.05, 0.1) is 6.61 Å². The predicted molar refractivity (Wildman–Crippen MR) is 98.5 cm³/mol. The van der Waals surface area contributed by atoms with Crippen LogP contribution in [0.3, 0.4) is 0 Å². The molecule has 3 rings (SSSR count). The first-order valence-corrected chi connectivity index (χ1v) is 9.57. The first kappa shape index (κ1) is 19.1. The molecule has 2 fully saturated rings. The Labute approximate surface area is 159 Å². The number of aromatic nitrogens is 1. The molecule has 27 heavy (non-hydrogen) atoms. The normalized spacial score (nSPS) is 17.6. The molecule has 2 aliphatic rings. The molecule has 1 aromatic rings. The Morgan fingerprint density at radius 2 is 1.37 bits per heavy atom. The number of nitrogens with zero attached hydrogens (tertiary/aromatic N) is 4. The molecular formula is C19H26N4O4. The molecule has 8 heteroatoms. The summed E-state index contributed by atoms with van der Waals surface area (Å²) in [5.74, 6) is -0.330. The van der Waals surface area contributed by atoms with Crippen LogP contribution in [0, 0.1) is 0 Å². The van der Waals surface area contributed by atoms with E-state index in [1.807, 2.05) is 0 Å². The Kier molecular flexibility index (Phi) is 6.26. The van der Waals surface area contributed by atoms with Crippen LogP contribution in [0.25, 0.3) is 0 Å². The fourth-order valence-corrected chi connectivity index (χ4v) is 3.40. The van der Waals surface area contributed by atoms with Gasteiger partial charge in [0.1, 0.15) is 11.4 Å². The van der Waals surface area contributed by atoms with Gasteiger partial charge in [-0.2, -0.15) is 0 Å². The van der Waals surface area contributed by atoms with Crippen LogP contribution < -0.4 is 0 Å². The van der Waals surface area contributed by atoms with Gasteiger partial charge in [0, 0.05) is 39.3 Å². The van der Waals surface area contributed by atoms with E-state index >= 15 is 0 Å². The van der Waals surface area contributed by atoms with Gasteiger partial charge < -0.3 is 19.4 Å². The highest BCUT2D eigenvalue weighted by Crippen LogP contribution is 2.14. The highest BCUT2D eigenvalue weighted by molar-refractivity contribution is 5.96. The summed E-state index contributed by atoms with van der Waals surface area (Å²) in [6.07, 6.45) is 2.81. The maximum Gasteiger partial charge on any atom is 0.409 e. The van der Waals surface area contributed by atoms with Crippen molar-refractivity contribution in [3.63, 3.8) is 0 Å². The fraction of sp³-hybridized carbons (Fsp3) is 0.579. The van der Waals surface area contributed by atoms with Crippen LogP contribution in [-0.4, -0.2) is 83.5 Å². The lowest BCUT2D eigenvalue weighted by molar-refractivity contribution is 0.0565. The van der Waals surface area contributed by atoms with Crippen LogP contribution in [0.15, 0.2) is 18.2 Å². The summed E-state index contributed by atoms with van der Waals surface area (Å²) in [7, 11) is 0. The smallest absolute Gasteiger partial charge is 0.409 e. The van der Waals surface area contributed by atoms with Crippen LogP contribution >= 0.6 is 0 Å². The van der Waals surface area contributed by atoms with Crippen molar-refractivity contribution in [2.24, 2.45) is 0 Å². The zero-order chi connectivity index (χ0) is 19.2. The molecule has 0 aliphatic carbocycles. The number of amides is 3. The summed E-state index contributed by atoms with van der Waals surface area (Å²) in [6.45, 7) is 5.28. The number of hydrogen-bond donors (Lipinski definition) is 0. The number of carbonyl (C=O) groups is 3. The van der Waals surface area contributed by atoms with Crippen LogP contribution in [0.1, 0.15) is 47.2 Å². The van der Waals surface area contributed by atoms with E-state index in [-0.39, 0.29) is 23.6 Å². The molecule has 146 valence electrons. The van der Waals surface area contributed by atoms with Gasteiger partial charge in [-0.1, -0.05) is 6.07 Å².